The first kappa shape index (κ1) is 14.3. The van der Waals surface area contributed by atoms with Gasteiger partial charge in [-0.15, -0.1) is 0 Å². The number of carboxylic acids is 1. The van der Waals surface area contributed by atoms with Gasteiger partial charge in [0.1, 0.15) is 0 Å². The van der Waals surface area contributed by atoms with E-state index in [-0.39, 0.29) is 5.69 Å². The van der Waals surface area contributed by atoms with E-state index in [9.17, 15) is 4.79 Å². The van der Waals surface area contributed by atoms with Crippen LogP contribution in [0.2, 0.25) is 0 Å². The number of carbonyl (C=O) groups is 1. The zero-order valence-corrected chi connectivity index (χ0v) is 11.7. The number of nitrogens with zero attached hydrogens (tertiary/aromatic N) is 2. The van der Waals surface area contributed by atoms with Gasteiger partial charge in [-0.25, -0.2) is 4.79 Å². The first-order chi connectivity index (χ1) is 9.65. The molecule has 0 bridgehead atoms. The fourth-order valence-corrected chi connectivity index (χ4v) is 2.09. The van der Waals surface area contributed by atoms with E-state index in [2.05, 4.69) is 23.9 Å². The molecule has 0 atom stereocenters. The first-order valence-electron chi connectivity index (χ1n) is 6.66. The number of hydrogen-bond donors (Lipinski definition) is 1. The minimum atomic E-state index is -1.08. The molecule has 2 rings (SSSR count). The zero-order valence-electron chi connectivity index (χ0n) is 11.7. The molecule has 20 heavy (non-hydrogen) atoms. The third kappa shape index (κ3) is 3.05. The third-order valence-corrected chi connectivity index (χ3v) is 3.30. The minimum absolute atomic E-state index is 0.0716. The van der Waals surface area contributed by atoms with Gasteiger partial charge in [-0.2, -0.15) is 0 Å². The summed E-state index contributed by atoms with van der Waals surface area (Å²) in [6.45, 7) is 6.95. The summed E-state index contributed by atoms with van der Waals surface area (Å²) in [5, 5.41) is 12.5. The molecule has 0 unspecified atom stereocenters. The van der Waals surface area contributed by atoms with Crippen LogP contribution in [0.1, 0.15) is 29.9 Å². The van der Waals surface area contributed by atoms with Crippen LogP contribution in [-0.2, 0) is 6.54 Å². The number of hydrogen-bond acceptors (Lipinski definition) is 4. The summed E-state index contributed by atoms with van der Waals surface area (Å²) in [5.41, 5.74) is 1.92. The molecule has 0 radical (unpaired) electrons. The average Bonchev–Trinajstić information content (AvgIpc) is 2.95. The predicted molar refractivity (Wildman–Crippen MR) is 75.5 cm³/mol. The highest BCUT2D eigenvalue weighted by Crippen LogP contribution is 2.25. The highest BCUT2D eigenvalue weighted by molar-refractivity contribution is 5.86. The second kappa shape index (κ2) is 6.34. The molecule has 0 fully saturated rings. The molecule has 0 aliphatic carbocycles. The Balaban J connectivity index is 2.33. The molecular formula is C15H18N2O3. The van der Waals surface area contributed by atoms with Crippen molar-refractivity contribution in [2.75, 3.05) is 13.1 Å². The average molecular weight is 274 g/mol. The lowest BCUT2D eigenvalue weighted by Crippen LogP contribution is -2.22. The summed E-state index contributed by atoms with van der Waals surface area (Å²) in [4.78, 5) is 13.2. The van der Waals surface area contributed by atoms with E-state index in [0.717, 1.165) is 30.8 Å². The molecule has 106 valence electrons. The topological polar surface area (TPSA) is 66.6 Å². The molecule has 2 aromatic rings. The lowest BCUT2D eigenvalue weighted by molar-refractivity contribution is 0.0686. The van der Waals surface area contributed by atoms with Crippen molar-refractivity contribution in [2.24, 2.45) is 0 Å². The normalized spacial score (nSPS) is 10.9. The van der Waals surface area contributed by atoms with Crippen molar-refractivity contribution in [3.63, 3.8) is 0 Å². The molecule has 0 saturated heterocycles. The van der Waals surface area contributed by atoms with Crippen LogP contribution in [0.5, 0.6) is 0 Å². The number of aromatic carboxylic acids is 1. The van der Waals surface area contributed by atoms with Crippen molar-refractivity contribution < 1.29 is 14.4 Å². The Kier molecular flexibility index (Phi) is 4.53. The minimum Gasteiger partial charge on any atom is -0.476 e. The second-order valence-corrected chi connectivity index (χ2v) is 4.50. The van der Waals surface area contributed by atoms with Crippen LogP contribution in [0, 0.1) is 0 Å². The molecule has 0 amide bonds. The van der Waals surface area contributed by atoms with Crippen molar-refractivity contribution in [3.05, 3.63) is 41.6 Å². The first-order valence-corrected chi connectivity index (χ1v) is 6.66. The monoisotopic (exact) mass is 274 g/mol. The summed E-state index contributed by atoms with van der Waals surface area (Å²) in [5.74, 6) is -0.591. The Morgan fingerprint density at radius 2 is 2.00 bits per heavy atom. The van der Waals surface area contributed by atoms with E-state index in [1.807, 2.05) is 24.3 Å². The molecule has 1 heterocycles. The molecule has 0 saturated carbocycles. The third-order valence-electron chi connectivity index (χ3n) is 3.30. The van der Waals surface area contributed by atoms with Gasteiger partial charge in [0.05, 0.1) is 0 Å². The van der Waals surface area contributed by atoms with Gasteiger partial charge in [0.25, 0.3) is 0 Å². The maximum atomic E-state index is 10.9. The second-order valence-electron chi connectivity index (χ2n) is 4.50. The Labute approximate surface area is 117 Å². The molecular weight excluding hydrogens is 256 g/mol. The summed E-state index contributed by atoms with van der Waals surface area (Å²) in [6, 6.07) is 9.28. The largest absolute Gasteiger partial charge is 0.476 e. The summed E-state index contributed by atoms with van der Waals surface area (Å²) >= 11 is 0. The highest BCUT2D eigenvalue weighted by atomic mass is 16.5. The van der Waals surface area contributed by atoms with Gasteiger partial charge >= 0.3 is 5.97 Å². The van der Waals surface area contributed by atoms with Crippen molar-refractivity contribution >= 4 is 5.97 Å². The zero-order chi connectivity index (χ0) is 14.5. The van der Waals surface area contributed by atoms with Crippen molar-refractivity contribution in [3.8, 4) is 11.3 Å². The molecule has 1 aromatic carbocycles. The van der Waals surface area contributed by atoms with Gasteiger partial charge < -0.3 is 9.63 Å². The molecule has 5 nitrogen and oxygen atoms in total. The maximum Gasteiger partial charge on any atom is 0.358 e. The Bertz CT molecular complexity index is 588. The van der Waals surface area contributed by atoms with E-state index in [1.54, 1.807) is 0 Å². The maximum absolute atomic E-state index is 10.9. The van der Waals surface area contributed by atoms with Crippen LogP contribution < -0.4 is 0 Å². The van der Waals surface area contributed by atoms with Gasteiger partial charge in [-0.3, -0.25) is 4.90 Å². The number of benzene rings is 1. The van der Waals surface area contributed by atoms with Crippen molar-refractivity contribution in [1.29, 1.82) is 0 Å². The lowest BCUT2D eigenvalue weighted by atomic mass is 10.0. The number of carboxylic acid groups (broad SMARTS) is 1. The summed E-state index contributed by atoms with van der Waals surface area (Å²) < 4.78 is 5.15. The standard InChI is InChI=1S/C15H18N2O3/c1-3-17(4-2)10-11-7-5-6-8-12(11)14-9-13(15(18)19)16-20-14/h5-9H,3-4,10H2,1-2H3,(H,18,19). The molecule has 5 heteroatoms. The van der Waals surface area contributed by atoms with E-state index in [4.69, 9.17) is 9.63 Å². The van der Waals surface area contributed by atoms with E-state index in [0.29, 0.717) is 5.76 Å². The summed E-state index contributed by atoms with van der Waals surface area (Å²) in [6.07, 6.45) is 0. The van der Waals surface area contributed by atoms with Gasteiger partial charge in [-0.1, -0.05) is 43.3 Å². The van der Waals surface area contributed by atoms with Gasteiger partial charge in [-0.05, 0) is 18.7 Å². The van der Waals surface area contributed by atoms with Crippen LogP contribution in [-0.4, -0.2) is 34.2 Å². The molecule has 0 aliphatic rings. The molecule has 1 aromatic heterocycles. The van der Waals surface area contributed by atoms with E-state index < -0.39 is 5.97 Å². The van der Waals surface area contributed by atoms with Gasteiger partial charge in [0.2, 0.25) is 0 Å². The van der Waals surface area contributed by atoms with E-state index >= 15 is 0 Å². The number of aromatic nitrogens is 1. The van der Waals surface area contributed by atoms with Crippen LogP contribution in [0.25, 0.3) is 11.3 Å². The number of rotatable bonds is 6. The van der Waals surface area contributed by atoms with Crippen LogP contribution in [0.3, 0.4) is 0 Å². The Morgan fingerprint density at radius 3 is 2.60 bits per heavy atom. The Morgan fingerprint density at radius 1 is 1.30 bits per heavy atom. The van der Waals surface area contributed by atoms with Crippen molar-refractivity contribution in [2.45, 2.75) is 20.4 Å². The SMILES string of the molecule is CCN(CC)Cc1ccccc1-c1cc(C(=O)O)no1. The predicted octanol–water partition coefficient (Wildman–Crippen LogP) is 2.88. The smallest absolute Gasteiger partial charge is 0.358 e. The van der Waals surface area contributed by atoms with Crippen LogP contribution >= 0.6 is 0 Å². The molecule has 1 N–H and O–H groups in total. The van der Waals surface area contributed by atoms with Gasteiger partial charge in [0, 0.05) is 18.2 Å². The van der Waals surface area contributed by atoms with Crippen LogP contribution in [0.15, 0.2) is 34.9 Å². The van der Waals surface area contributed by atoms with Gasteiger partial charge in [0.15, 0.2) is 11.5 Å². The Hall–Kier alpha value is -2.14. The quantitative estimate of drug-likeness (QED) is 0.877. The van der Waals surface area contributed by atoms with Crippen LogP contribution in [0.4, 0.5) is 0 Å². The lowest BCUT2D eigenvalue weighted by Gasteiger charge is -2.19. The summed E-state index contributed by atoms with van der Waals surface area (Å²) in [7, 11) is 0. The van der Waals surface area contributed by atoms with E-state index in [1.165, 1.54) is 6.07 Å². The fraction of sp³-hybridized carbons (Fsp3) is 0.333. The highest BCUT2D eigenvalue weighted by Gasteiger charge is 2.15. The molecule has 0 aliphatic heterocycles. The fourth-order valence-electron chi connectivity index (χ4n) is 2.09. The van der Waals surface area contributed by atoms with Crippen molar-refractivity contribution in [1.82, 2.24) is 10.1 Å². The molecule has 0 spiro atoms.